The van der Waals surface area contributed by atoms with Crippen LogP contribution in [-0.4, -0.2) is 44.3 Å². The van der Waals surface area contributed by atoms with Gasteiger partial charge in [0.05, 0.1) is 25.4 Å². The van der Waals surface area contributed by atoms with Crippen molar-refractivity contribution in [2.45, 2.75) is 12.6 Å². The Morgan fingerprint density at radius 3 is 2.70 bits per heavy atom. The molecule has 0 aliphatic rings. The molecule has 1 atom stereocenters. The number of aromatic carboxylic acids is 1. The molecule has 2 aromatic rings. The monoisotopic (exact) mass is 276 g/mol. The first kappa shape index (κ1) is 14.2. The third-order valence-corrected chi connectivity index (χ3v) is 2.87. The van der Waals surface area contributed by atoms with Crippen LogP contribution in [0, 0.1) is 0 Å². The fraction of sp³-hybridized carbons (Fsp3) is 0.308. The summed E-state index contributed by atoms with van der Waals surface area (Å²) in [5.74, 6) is -1.10. The minimum Gasteiger partial charge on any atom is -0.476 e. The summed E-state index contributed by atoms with van der Waals surface area (Å²) in [6, 6.07) is 9.46. The van der Waals surface area contributed by atoms with Gasteiger partial charge in [-0.15, -0.1) is 5.10 Å². The van der Waals surface area contributed by atoms with Crippen LogP contribution >= 0.6 is 0 Å². The molecule has 0 radical (unpaired) electrons. The lowest BCUT2D eigenvalue weighted by Crippen LogP contribution is -2.28. The number of hydrogen-bond acceptors (Lipinski definition) is 5. The Morgan fingerprint density at radius 1 is 1.35 bits per heavy atom. The number of carboxylic acid groups (broad SMARTS) is 1. The third kappa shape index (κ3) is 3.62. The van der Waals surface area contributed by atoms with Crippen LogP contribution in [0.4, 0.5) is 0 Å². The highest BCUT2D eigenvalue weighted by Gasteiger charge is 2.10. The fourth-order valence-electron chi connectivity index (χ4n) is 1.83. The molecule has 1 aromatic carbocycles. The molecule has 0 fully saturated rings. The van der Waals surface area contributed by atoms with Crippen LogP contribution in [0.15, 0.2) is 36.5 Å². The highest BCUT2D eigenvalue weighted by atomic mass is 16.4. The number of carbonyl (C=O) groups is 1. The zero-order valence-corrected chi connectivity index (χ0v) is 10.8. The second kappa shape index (κ2) is 6.78. The van der Waals surface area contributed by atoms with Gasteiger partial charge in [-0.3, -0.25) is 4.68 Å². The van der Waals surface area contributed by atoms with Crippen molar-refractivity contribution in [2.75, 3.05) is 13.2 Å². The minimum atomic E-state index is -1.10. The first-order valence-corrected chi connectivity index (χ1v) is 6.23. The molecule has 2 rings (SSSR count). The Balaban J connectivity index is 1.86. The molecule has 1 heterocycles. The average Bonchev–Trinajstić information content (AvgIpc) is 2.94. The van der Waals surface area contributed by atoms with Crippen molar-refractivity contribution in [3.63, 3.8) is 0 Å². The highest BCUT2D eigenvalue weighted by molar-refractivity contribution is 5.84. The van der Waals surface area contributed by atoms with E-state index in [0.717, 1.165) is 5.56 Å². The van der Waals surface area contributed by atoms with Crippen LogP contribution in [-0.2, 0) is 6.54 Å². The maximum Gasteiger partial charge on any atom is 0.358 e. The van der Waals surface area contributed by atoms with Gasteiger partial charge in [-0.2, -0.15) is 0 Å². The molecule has 1 unspecified atom stereocenters. The summed E-state index contributed by atoms with van der Waals surface area (Å²) in [6.07, 6.45) is 1.38. The molecule has 7 nitrogen and oxygen atoms in total. The molecule has 7 heteroatoms. The van der Waals surface area contributed by atoms with Crippen LogP contribution < -0.4 is 5.32 Å². The smallest absolute Gasteiger partial charge is 0.358 e. The maximum atomic E-state index is 10.7. The van der Waals surface area contributed by atoms with Crippen LogP contribution in [0.5, 0.6) is 0 Å². The fourth-order valence-corrected chi connectivity index (χ4v) is 1.83. The number of nitrogens with one attached hydrogen (secondary N) is 1. The van der Waals surface area contributed by atoms with Gasteiger partial charge in [-0.25, -0.2) is 4.79 Å². The molecule has 0 spiro atoms. The third-order valence-electron chi connectivity index (χ3n) is 2.87. The van der Waals surface area contributed by atoms with E-state index in [-0.39, 0.29) is 18.3 Å². The topological polar surface area (TPSA) is 100 Å². The van der Waals surface area contributed by atoms with Gasteiger partial charge in [-0.1, -0.05) is 35.5 Å². The lowest BCUT2D eigenvalue weighted by Gasteiger charge is -2.16. The predicted molar refractivity (Wildman–Crippen MR) is 71.3 cm³/mol. The molecule has 0 saturated heterocycles. The lowest BCUT2D eigenvalue weighted by atomic mass is 10.1. The normalized spacial score (nSPS) is 12.2. The zero-order valence-electron chi connectivity index (χ0n) is 10.8. The van der Waals surface area contributed by atoms with Crippen LogP contribution in [0.3, 0.4) is 0 Å². The van der Waals surface area contributed by atoms with E-state index >= 15 is 0 Å². The molecular weight excluding hydrogens is 260 g/mol. The van der Waals surface area contributed by atoms with Gasteiger partial charge in [-0.05, 0) is 5.56 Å². The van der Waals surface area contributed by atoms with E-state index in [9.17, 15) is 9.90 Å². The van der Waals surface area contributed by atoms with Gasteiger partial charge in [0, 0.05) is 6.54 Å². The van der Waals surface area contributed by atoms with Gasteiger partial charge in [0.25, 0.3) is 0 Å². The van der Waals surface area contributed by atoms with Crippen molar-refractivity contribution < 1.29 is 15.0 Å². The summed E-state index contributed by atoms with van der Waals surface area (Å²) in [5.41, 5.74) is 0.923. The predicted octanol–water partition coefficient (Wildman–Crippen LogP) is 0.299. The maximum absolute atomic E-state index is 10.7. The molecule has 0 aliphatic heterocycles. The van der Waals surface area contributed by atoms with E-state index < -0.39 is 5.97 Å². The Morgan fingerprint density at radius 2 is 2.10 bits per heavy atom. The molecule has 1 aromatic heterocycles. The number of hydrogen-bond donors (Lipinski definition) is 3. The van der Waals surface area contributed by atoms with E-state index in [0.29, 0.717) is 13.1 Å². The summed E-state index contributed by atoms with van der Waals surface area (Å²) in [7, 11) is 0. The number of nitrogens with zero attached hydrogens (tertiary/aromatic N) is 3. The first-order chi connectivity index (χ1) is 9.70. The average molecular weight is 276 g/mol. The summed E-state index contributed by atoms with van der Waals surface area (Å²) in [5, 5.41) is 28.5. The Kier molecular flexibility index (Phi) is 4.80. The van der Waals surface area contributed by atoms with Crippen molar-refractivity contribution >= 4 is 5.97 Å². The quantitative estimate of drug-likeness (QED) is 0.672. The van der Waals surface area contributed by atoms with Crippen LogP contribution in [0.1, 0.15) is 22.1 Å². The summed E-state index contributed by atoms with van der Waals surface area (Å²) >= 11 is 0. The second-order valence-electron chi connectivity index (χ2n) is 4.27. The van der Waals surface area contributed by atoms with Crippen LogP contribution in [0.2, 0.25) is 0 Å². The van der Waals surface area contributed by atoms with Crippen molar-refractivity contribution in [3.05, 3.63) is 47.8 Å². The Labute approximate surface area is 115 Å². The van der Waals surface area contributed by atoms with Gasteiger partial charge in [0.15, 0.2) is 5.69 Å². The largest absolute Gasteiger partial charge is 0.476 e. The molecule has 0 saturated carbocycles. The van der Waals surface area contributed by atoms with Gasteiger partial charge < -0.3 is 15.5 Å². The number of aliphatic hydroxyl groups excluding tert-OH is 1. The van der Waals surface area contributed by atoms with Crippen molar-refractivity contribution in [1.29, 1.82) is 0 Å². The van der Waals surface area contributed by atoms with E-state index in [2.05, 4.69) is 15.6 Å². The standard InChI is InChI=1S/C13H16N4O3/c18-9-12(10-4-2-1-3-5-10)14-6-7-17-8-11(13(19)20)15-16-17/h1-5,8,12,14,18H,6-7,9H2,(H,19,20). The van der Waals surface area contributed by atoms with Crippen LogP contribution in [0.25, 0.3) is 0 Å². The summed E-state index contributed by atoms with van der Waals surface area (Å²) < 4.78 is 1.45. The highest BCUT2D eigenvalue weighted by Crippen LogP contribution is 2.10. The van der Waals surface area contributed by atoms with E-state index in [4.69, 9.17) is 5.11 Å². The van der Waals surface area contributed by atoms with Gasteiger partial charge in [0.1, 0.15) is 0 Å². The number of carboxylic acids is 1. The number of benzene rings is 1. The molecule has 0 aliphatic carbocycles. The zero-order chi connectivity index (χ0) is 14.4. The Hall–Kier alpha value is -2.25. The number of aliphatic hydroxyl groups is 1. The first-order valence-electron chi connectivity index (χ1n) is 6.23. The molecule has 20 heavy (non-hydrogen) atoms. The lowest BCUT2D eigenvalue weighted by molar-refractivity contribution is 0.0690. The molecule has 106 valence electrons. The molecular formula is C13H16N4O3. The van der Waals surface area contributed by atoms with E-state index in [1.165, 1.54) is 10.9 Å². The van der Waals surface area contributed by atoms with Crippen molar-refractivity contribution in [1.82, 2.24) is 20.3 Å². The summed E-state index contributed by atoms with van der Waals surface area (Å²) in [6.45, 7) is 1.01. The van der Waals surface area contributed by atoms with Crippen molar-refractivity contribution in [3.8, 4) is 0 Å². The minimum absolute atomic E-state index is 0.0122. The van der Waals surface area contributed by atoms with E-state index in [1.807, 2.05) is 30.3 Å². The van der Waals surface area contributed by atoms with Gasteiger partial charge in [0.2, 0.25) is 0 Å². The second-order valence-corrected chi connectivity index (χ2v) is 4.27. The number of rotatable bonds is 7. The van der Waals surface area contributed by atoms with Crippen molar-refractivity contribution in [2.24, 2.45) is 0 Å². The summed E-state index contributed by atoms with van der Waals surface area (Å²) in [4.78, 5) is 10.7. The molecule has 3 N–H and O–H groups in total. The van der Waals surface area contributed by atoms with Gasteiger partial charge >= 0.3 is 5.97 Å². The number of aromatic nitrogens is 3. The Bertz CT molecular complexity index is 556. The molecule has 0 amide bonds. The van der Waals surface area contributed by atoms with E-state index in [1.54, 1.807) is 0 Å². The molecule has 0 bridgehead atoms. The SMILES string of the molecule is O=C(O)c1cn(CCNC(CO)c2ccccc2)nn1.